The molecule has 0 saturated carbocycles. The number of benzene rings is 1. The predicted octanol–water partition coefficient (Wildman–Crippen LogP) is 2.44. The van der Waals surface area contributed by atoms with Gasteiger partial charge in [0.1, 0.15) is 5.75 Å². The first-order valence-corrected chi connectivity index (χ1v) is 6.76. The smallest absolute Gasteiger partial charge is 0.225 e. The topological polar surface area (TPSA) is 41.6 Å². The highest BCUT2D eigenvalue weighted by Gasteiger charge is 2.08. The summed E-state index contributed by atoms with van der Waals surface area (Å²) in [7, 11) is 3.63. The Labute approximate surface area is 123 Å². The zero-order chi connectivity index (χ0) is 14.3. The summed E-state index contributed by atoms with van der Waals surface area (Å²) in [5.41, 5.74) is 0. The van der Waals surface area contributed by atoms with Crippen molar-refractivity contribution in [3.8, 4) is 5.75 Å². The first-order chi connectivity index (χ1) is 9.04. The third-order valence-corrected chi connectivity index (χ3v) is 3.34. The Balaban J connectivity index is 2.33. The lowest BCUT2D eigenvalue weighted by Gasteiger charge is -2.17. The Kier molecular flexibility index (Phi) is 6.99. The van der Waals surface area contributed by atoms with Crippen LogP contribution in [0.15, 0.2) is 18.2 Å². The molecule has 1 rings (SSSR count). The first-order valence-electron chi connectivity index (χ1n) is 6.01. The van der Waals surface area contributed by atoms with Crippen LogP contribution in [-0.4, -0.2) is 44.6 Å². The van der Waals surface area contributed by atoms with E-state index < -0.39 is 0 Å². The lowest BCUT2D eigenvalue weighted by molar-refractivity contribution is -0.130. The Bertz CT molecular complexity index is 427. The molecular weight excluding hydrogens is 287 g/mol. The summed E-state index contributed by atoms with van der Waals surface area (Å²) < 4.78 is 5.46. The number of amides is 1. The van der Waals surface area contributed by atoms with Crippen molar-refractivity contribution >= 4 is 29.1 Å². The molecule has 1 aromatic carbocycles. The van der Waals surface area contributed by atoms with Crippen molar-refractivity contribution in [1.29, 1.82) is 0 Å². The van der Waals surface area contributed by atoms with Gasteiger partial charge in [0.15, 0.2) is 0 Å². The Hall–Kier alpha value is -0.970. The van der Waals surface area contributed by atoms with Crippen LogP contribution < -0.4 is 10.1 Å². The second kappa shape index (κ2) is 8.25. The van der Waals surface area contributed by atoms with E-state index in [1.807, 2.05) is 7.05 Å². The fourth-order valence-corrected chi connectivity index (χ4v) is 1.71. The molecule has 1 N–H and O–H groups in total. The van der Waals surface area contributed by atoms with Crippen LogP contribution >= 0.6 is 23.2 Å². The van der Waals surface area contributed by atoms with E-state index >= 15 is 0 Å². The molecule has 6 heteroatoms. The number of halogens is 2. The van der Waals surface area contributed by atoms with Crippen LogP contribution in [0.3, 0.4) is 0 Å². The van der Waals surface area contributed by atoms with E-state index in [-0.39, 0.29) is 5.91 Å². The third-order valence-electron chi connectivity index (χ3n) is 2.60. The maximum Gasteiger partial charge on any atom is 0.225 e. The van der Waals surface area contributed by atoms with Gasteiger partial charge in [-0.1, -0.05) is 23.2 Å². The van der Waals surface area contributed by atoms with Crippen LogP contribution in [0.2, 0.25) is 10.0 Å². The number of rotatable bonds is 7. The average molecular weight is 305 g/mol. The molecule has 0 aliphatic carbocycles. The lowest BCUT2D eigenvalue weighted by Crippen LogP contribution is -2.33. The zero-order valence-electron chi connectivity index (χ0n) is 11.1. The molecule has 19 heavy (non-hydrogen) atoms. The van der Waals surface area contributed by atoms with Crippen molar-refractivity contribution in [2.75, 3.05) is 33.8 Å². The quantitative estimate of drug-likeness (QED) is 0.841. The van der Waals surface area contributed by atoms with Gasteiger partial charge in [-0.25, -0.2) is 0 Å². The van der Waals surface area contributed by atoms with Gasteiger partial charge in [0.25, 0.3) is 0 Å². The molecule has 1 amide bonds. The molecule has 0 spiro atoms. The van der Waals surface area contributed by atoms with E-state index in [0.29, 0.717) is 35.4 Å². The molecule has 0 aromatic heterocycles. The van der Waals surface area contributed by atoms with Gasteiger partial charge in [0.05, 0.1) is 23.1 Å². The molecule has 0 fully saturated rings. The van der Waals surface area contributed by atoms with Crippen LogP contribution in [0.4, 0.5) is 0 Å². The van der Waals surface area contributed by atoms with E-state index in [4.69, 9.17) is 27.9 Å². The molecular formula is C13H18Cl2N2O2. The fourth-order valence-electron chi connectivity index (χ4n) is 1.42. The van der Waals surface area contributed by atoms with Crippen molar-refractivity contribution < 1.29 is 9.53 Å². The molecule has 1 aromatic rings. The number of hydrogen-bond donors (Lipinski definition) is 1. The van der Waals surface area contributed by atoms with Crippen molar-refractivity contribution in [3.05, 3.63) is 28.2 Å². The summed E-state index contributed by atoms with van der Waals surface area (Å²) in [6.07, 6.45) is 0.334. The largest absolute Gasteiger partial charge is 0.493 e. The fraction of sp³-hybridized carbons (Fsp3) is 0.462. The molecule has 4 nitrogen and oxygen atoms in total. The number of carbonyl (C=O) groups is 1. The number of ether oxygens (including phenoxy) is 1. The average Bonchev–Trinajstić information content (AvgIpc) is 2.39. The van der Waals surface area contributed by atoms with Gasteiger partial charge in [-0.3, -0.25) is 4.79 Å². The lowest BCUT2D eigenvalue weighted by atomic mass is 10.3. The summed E-state index contributed by atoms with van der Waals surface area (Å²) in [6, 6.07) is 5.03. The van der Waals surface area contributed by atoms with Gasteiger partial charge in [-0.15, -0.1) is 0 Å². The van der Waals surface area contributed by atoms with Gasteiger partial charge >= 0.3 is 0 Å². The number of likely N-dealkylation sites (N-methyl/N-ethyl adjacent to an activating group) is 2. The minimum Gasteiger partial charge on any atom is -0.493 e. The third kappa shape index (κ3) is 5.68. The van der Waals surface area contributed by atoms with Crippen molar-refractivity contribution in [2.45, 2.75) is 6.42 Å². The highest BCUT2D eigenvalue weighted by atomic mass is 35.5. The van der Waals surface area contributed by atoms with Gasteiger partial charge < -0.3 is 15.0 Å². The second-order valence-corrected chi connectivity index (χ2v) is 4.91. The van der Waals surface area contributed by atoms with E-state index in [9.17, 15) is 4.79 Å². The van der Waals surface area contributed by atoms with E-state index in [0.717, 1.165) is 6.54 Å². The van der Waals surface area contributed by atoms with Gasteiger partial charge in [0.2, 0.25) is 5.91 Å². The molecule has 0 aliphatic rings. The Morgan fingerprint density at radius 1 is 1.37 bits per heavy atom. The Morgan fingerprint density at radius 2 is 2.11 bits per heavy atom. The zero-order valence-corrected chi connectivity index (χ0v) is 12.6. The van der Waals surface area contributed by atoms with Gasteiger partial charge in [-0.05, 0) is 19.2 Å². The van der Waals surface area contributed by atoms with Crippen molar-refractivity contribution in [3.63, 3.8) is 0 Å². The van der Waals surface area contributed by atoms with Crippen LogP contribution in [0, 0.1) is 0 Å². The number of nitrogens with zero attached hydrogens (tertiary/aromatic N) is 1. The van der Waals surface area contributed by atoms with Gasteiger partial charge in [-0.2, -0.15) is 0 Å². The predicted molar refractivity (Wildman–Crippen MR) is 78.1 cm³/mol. The molecule has 0 atom stereocenters. The minimum atomic E-state index is 0.0512. The van der Waals surface area contributed by atoms with Crippen LogP contribution in [-0.2, 0) is 4.79 Å². The highest BCUT2D eigenvalue weighted by Crippen LogP contribution is 2.26. The van der Waals surface area contributed by atoms with Gasteiger partial charge in [0, 0.05) is 26.2 Å². The monoisotopic (exact) mass is 304 g/mol. The molecule has 0 heterocycles. The molecule has 0 unspecified atom stereocenters. The number of hydrogen-bond acceptors (Lipinski definition) is 3. The maximum absolute atomic E-state index is 11.7. The van der Waals surface area contributed by atoms with Crippen LogP contribution in [0.25, 0.3) is 0 Å². The summed E-state index contributed by atoms with van der Waals surface area (Å²) >= 11 is 11.7. The number of carbonyl (C=O) groups excluding carboxylic acids is 1. The standard InChI is InChI=1S/C13H18Cl2N2O2/c1-16-6-7-17(2)13(18)5-8-19-10-3-4-11(14)12(15)9-10/h3-4,9,16H,5-8H2,1-2H3. The highest BCUT2D eigenvalue weighted by molar-refractivity contribution is 6.42. The van der Waals surface area contributed by atoms with E-state index in [2.05, 4.69) is 5.32 Å². The van der Waals surface area contributed by atoms with Crippen LogP contribution in [0.1, 0.15) is 6.42 Å². The van der Waals surface area contributed by atoms with Crippen molar-refractivity contribution in [1.82, 2.24) is 10.2 Å². The van der Waals surface area contributed by atoms with E-state index in [1.54, 1.807) is 30.1 Å². The first kappa shape index (κ1) is 16.1. The Morgan fingerprint density at radius 3 is 2.74 bits per heavy atom. The molecule has 0 saturated heterocycles. The SMILES string of the molecule is CNCCN(C)C(=O)CCOc1ccc(Cl)c(Cl)c1. The summed E-state index contributed by atoms with van der Waals surface area (Å²) in [5.74, 6) is 0.662. The van der Waals surface area contributed by atoms with Crippen molar-refractivity contribution in [2.24, 2.45) is 0 Å². The van der Waals surface area contributed by atoms with E-state index in [1.165, 1.54) is 0 Å². The second-order valence-electron chi connectivity index (χ2n) is 4.09. The summed E-state index contributed by atoms with van der Waals surface area (Å²) in [4.78, 5) is 13.4. The molecule has 0 bridgehead atoms. The molecule has 0 radical (unpaired) electrons. The minimum absolute atomic E-state index is 0.0512. The molecule has 106 valence electrons. The summed E-state index contributed by atoms with van der Waals surface area (Å²) in [6.45, 7) is 1.78. The maximum atomic E-state index is 11.7. The number of nitrogens with one attached hydrogen (secondary N) is 1. The normalized spacial score (nSPS) is 10.3. The van der Waals surface area contributed by atoms with Crippen LogP contribution in [0.5, 0.6) is 5.75 Å². The summed E-state index contributed by atoms with van der Waals surface area (Å²) in [5, 5.41) is 3.92. The molecule has 0 aliphatic heterocycles.